The lowest BCUT2D eigenvalue weighted by molar-refractivity contribution is -0.163. The first-order valence-corrected chi connectivity index (χ1v) is 11.6. The highest BCUT2D eigenvalue weighted by Crippen LogP contribution is 2.26. The molecule has 5 N–H and O–H groups in total. The van der Waals surface area contributed by atoms with Crippen LogP contribution in [0.2, 0.25) is 0 Å². The van der Waals surface area contributed by atoms with Crippen molar-refractivity contribution in [2.75, 3.05) is 19.7 Å². The summed E-state index contributed by atoms with van der Waals surface area (Å²) in [5, 5.41) is 8.91. The lowest BCUT2D eigenvalue weighted by Gasteiger charge is -2.34. The van der Waals surface area contributed by atoms with Crippen molar-refractivity contribution in [2.24, 2.45) is 16.6 Å². The third-order valence-electron chi connectivity index (χ3n) is 5.87. The van der Waals surface area contributed by atoms with Gasteiger partial charge in [0.25, 0.3) is 0 Å². The van der Waals surface area contributed by atoms with Crippen LogP contribution in [0.5, 0.6) is 5.75 Å². The molecule has 1 aliphatic heterocycles. The maximum Gasteiger partial charge on any atom is 0.407 e. The first-order chi connectivity index (χ1) is 17.9. The number of carboxylic acid groups (broad SMARTS) is 1. The van der Waals surface area contributed by atoms with Crippen LogP contribution < -0.4 is 16.4 Å². The molecule has 192 valence electrons. The van der Waals surface area contributed by atoms with Gasteiger partial charge in [-0.1, -0.05) is 60.7 Å². The van der Waals surface area contributed by atoms with E-state index in [1.165, 1.54) is 4.90 Å². The van der Waals surface area contributed by atoms with Crippen LogP contribution in [-0.2, 0) is 14.4 Å². The Kier molecular flexibility index (Phi) is 8.34. The average molecular weight is 505 g/mol. The zero-order valence-corrected chi connectivity index (χ0v) is 20.0. The monoisotopic (exact) mass is 504 g/mol. The molecule has 1 fully saturated rings. The summed E-state index contributed by atoms with van der Waals surface area (Å²) in [4.78, 5) is 34.3. The number of amidine groups is 1. The van der Waals surface area contributed by atoms with Gasteiger partial charge in [-0.05, 0) is 35.4 Å². The number of benzene rings is 3. The van der Waals surface area contributed by atoms with Crippen LogP contribution in [0.3, 0.4) is 0 Å². The zero-order valence-electron chi connectivity index (χ0n) is 20.0. The van der Waals surface area contributed by atoms with Gasteiger partial charge >= 0.3 is 12.1 Å². The van der Waals surface area contributed by atoms with Crippen LogP contribution in [0, 0.1) is 0 Å². The van der Waals surface area contributed by atoms with E-state index in [0.29, 0.717) is 30.2 Å². The molecule has 3 aromatic rings. The minimum absolute atomic E-state index is 0.156. The Morgan fingerprint density at radius 3 is 2.03 bits per heavy atom. The Morgan fingerprint density at radius 2 is 1.51 bits per heavy atom. The van der Waals surface area contributed by atoms with Gasteiger partial charge in [-0.3, -0.25) is 9.83 Å². The molecule has 10 nitrogen and oxygen atoms in total. The maximum atomic E-state index is 12.9. The van der Waals surface area contributed by atoms with E-state index < -0.39 is 24.3 Å². The fourth-order valence-corrected chi connectivity index (χ4v) is 3.80. The predicted octanol–water partition coefficient (Wildman–Crippen LogP) is 2.72. The number of carbonyl (C=O) groups is 2. The Bertz CT molecular complexity index is 1180. The Morgan fingerprint density at radius 1 is 0.946 bits per heavy atom. The fraction of sp³-hybridized carbons (Fsp3) is 0.222. The van der Waals surface area contributed by atoms with Crippen LogP contribution in [-0.4, -0.2) is 59.7 Å². The first kappa shape index (κ1) is 25.7. The number of nitrogens with two attached hydrogens (primary N) is 2. The van der Waals surface area contributed by atoms with Gasteiger partial charge in [0.05, 0.1) is 6.04 Å². The third kappa shape index (κ3) is 6.63. The summed E-state index contributed by atoms with van der Waals surface area (Å²) < 4.78 is 11.5. The molecule has 1 atom stereocenters. The van der Waals surface area contributed by atoms with E-state index in [9.17, 15) is 9.59 Å². The van der Waals surface area contributed by atoms with Crippen molar-refractivity contribution in [1.82, 2.24) is 4.90 Å². The van der Waals surface area contributed by atoms with Crippen LogP contribution >= 0.6 is 0 Å². The summed E-state index contributed by atoms with van der Waals surface area (Å²) in [6, 6.07) is 25.4. The van der Waals surface area contributed by atoms with Crippen molar-refractivity contribution in [3.05, 3.63) is 102 Å². The lowest BCUT2D eigenvalue weighted by atomic mass is 10.0. The molecule has 3 aromatic carbocycles. The van der Waals surface area contributed by atoms with Crippen molar-refractivity contribution in [3.8, 4) is 5.75 Å². The Labute approximate surface area is 214 Å². The minimum atomic E-state index is -1.16. The molecule has 0 radical (unpaired) electrons. The fourth-order valence-electron chi connectivity index (χ4n) is 3.80. The van der Waals surface area contributed by atoms with Gasteiger partial charge in [0.15, 0.2) is 6.10 Å². The molecule has 4 rings (SSSR count). The predicted molar refractivity (Wildman–Crippen MR) is 136 cm³/mol. The second-order valence-corrected chi connectivity index (χ2v) is 8.45. The number of rotatable bonds is 10. The van der Waals surface area contributed by atoms with Crippen molar-refractivity contribution in [3.63, 3.8) is 0 Å². The van der Waals surface area contributed by atoms with Gasteiger partial charge in [-0.2, -0.15) is 0 Å². The normalized spacial score (nSPS) is 14.6. The van der Waals surface area contributed by atoms with E-state index in [2.05, 4.69) is 4.99 Å². The molecule has 1 heterocycles. The topological polar surface area (TPSA) is 150 Å². The van der Waals surface area contributed by atoms with E-state index in [-0.39, 0.29) is 12.6 Å². The SMILES string of the molecule is NOC(COc1ccc(C(N)=NC2CN(C(=O)O)C2)cc1)C(=O)OC(c1ccccc1)c1ccccc1. The molecule has 10 heteroatoms. The molecule has 0 bridgehead atoms. The number of esters is 1. The average Bonchev–Trinajstić information content (AvgIpc) is 2.90. The molecule has 0 saturated carbocycles. The summed E-state index contributed by atoms with van der Waals surface area (Å²) in [5.41, 5.74) is 8.34. The second kappa shape index (κ2) is 12.0. The summed E-state index contributed by atoms with van der Waals surface area (Å²) >= 11 is 0. The van der Waals surface area contributed by atoms with Crippen molar-refractivity contribution >= 4 is 17.9 Å². The van der Waals surface area contributed by atoms with Gasteiger partial charge < -0.3 is 25.2 Å². The van der Waals surface area contributed by atoms with Gasteiger partial charge in [-0.15, -0.1) is 0 Å². The summed E-state index contributed by atoms with van der Waals surface area (Å²) in [5.74, 6) is 5.51. The van der Waals surface area contributed by atoms with E-state index in [1.807, 2.05) is 60.7 Å². The highest BCUT2D eigenvalue weighted by Gasteiger charge is 2.30. The molecule has 0 spiro atoms. The quantitative estimate of drug-likeness (QED) is 0.165. The van der Waals surface area contributed by atoms with Gasteiger partial charge in [0.1, 0.15) is 18.2 Å². The van der Waals surface area contributed by atoms with Gasteiger partial charge in [-0.25, -0.2) is 15.5 Å². The number of hydrogen-bond acceptors (Lipinski definition) is 7. The molecule has 1 saturated heterocycles. The molecule has 0 aliphatic carbocycles. The molecule has 1 unspecified atom stereocenters. The third-order valence-corrected chi connectivity index (χ3v) is 5.87. The first-order valence-electron chi connectivity index (χ1n) is 11.6. The summed E-state index contributed by atoms with van der Waals surface area (Å²) in [7, 11) is 0. The van der Waals surface area contributed by atoms with Crippen LogP contribution in [0.25, 0.3) is 0 Å². The summed E-state index contributed by atoms with van der Waals surface area (Å²) in [6.07, 6.45) is -2.75. The molecular weight excluding hydrogens is 476 g/mol. The summed E-state index contributed by atoms with van der Waals surface area (Å²) in [6.45, 7) is 0.480. The standard InChI is InChI=1S/C27H28N4O6/c28-25(30-21-15-31(16-21)27(33)34)20-11-13-22(14-12-20)35-17-23(37-29)26(32)36-24(18-7-3-1-4-8-18)19-9-5-2-6-10-19/h1-14,21,23-24H,15-17,29H2,(H2,28,30)(H,33,34). The zero-order chi connectivity index (χ0) is 26.2. The van der Waals surface area contributed by atoms with E-state index in [4.69, 9.17) is 31.0 Å². The molecule has 37 heavy (non-hydrogen) atoms. The number of likely N-dealkylation sites (tertiary alicyclic amines) is 1. The van der Waals surface area contributed by atoms with Gasteiger partial charge in [0.2, 0.25) is 6.10 Å². The maximum absolute atomic E-state index is 12.9. The van der Waals surface area contributed by atoms with Crippen molar-refractivity contribution < 1.29 is 29.0 Å². The largest absolute Gasteiger partial charge is 0.490 e. The smallest absolute Gasteiger partial charge is 0.407 e. The number of aliphatic imine (C=N–C) groups is 1. The number of ether oxygens (including phenoxy) is 2. The van der Waals surface area contributed by atoms with E-state index >= 15 is 0 Å². The Hall–Kier alpha value is -4.41. The van der Waals surface area contributed by atoms with Crippen LogP contribution in [0.4, 0.5) is 4.79 Å². The number of nitrogens with zero attached hydrogens (tertiary/aromatic N) is 2. The van der Waals surface area contributed by atoms with E-state index in [0.717, 1.165) is 11.1 Å². The van der Waals surface area contributed by atoms with Crippen LogP contribution in [0.15, 0.2) is 89.9 Å². The van der Waals surface area contributed by atoms with Crippen molar-refractivity contribution in [1.29, 1.82) is 0 Å². The molecule has 1 amide bonds. The van der Waals surface area contributed by atoms with Crippen LogP contribution in [0.1, 0.15) is 22.8 Å². The number of hydrogen-bond donors (Lipinski definition) is 3. The van der Waals surface area contributed by atoms with Gasteiger partial charge in [0, 0.05) is 18.7 Å². The van der Waals surface area contributed by atoms with E-state index in [1.54, 1.807) is 24.3 Å². The minimum Gasteiger partial charge on any atom is -0.490 e. The highest BCUT2D eigenvalue weighted by atomic mass is 16.7. The molecular formula is C27H28N4O6. The Balaban J connectivity index is 1.35. The highest BCUT2D eigenvalue weighted by molar-refractivity contribution is 5.97. The molecule has 0 aromatic heterocycles. The molecule has 1 aliphatic rings. The number of amides is 1. The second-order valence-electron chi connectivity index (χ2n) is 8.45. The number of carbonyl (C=O) groups excluding carboxylic acids is 1. The van der Waals surface area contributed by atoms with Crippen molar-refractivity contribution in [2.45, 2.75) is 18.2 Å². The lowest BCUT2D eigenvalue weighted by Crippen LogP contribution is -2.52.